The zero-order chi connectivity index (χ0) is 13.3. The molecular formula is C13H15I3O2. The Morgan fingerprint density at radius 3 is 2.33 bits per heavy atom. The Hall–Kier alpha value is 1.33. The molecule has 18 heavy (non-hydrogen) atoms. The first-order valence-electron chi connectivity index (χ1n) is 5.96. The zero-order valence-electron chi connectivity index (χ0n) is 10.3. The molecule has 1 aromatic rings. The van der Waals surface area contributed by atoms with E-state index in [9.17, 15) is 0 Å². The zero-order valence-corrected chi connectivity index (χ0v) is 16.7. The summed E-state index contributed by atoms with van der Waals surface area (Å²) in [4.78, 5) is 0. The molecule has 5 heteroatoms. The van der Waals surface area contributed by atoms with Gasteiger partial charge in [-0.15, -0.1) is 0 Å². The van der Waals surface area contributed by atoms with E-state index in [-0.39, 0.29) is 12.4 Å². The van der Waals surface area contributed by atoms with Crippen LogP contribution in [0, 0.1) is 10.7 Å². The summed E-state index contributed by atoms with van der Waals surface area (Å²) < 4.78 is 15.7. The number of benzene rings is 1. The molecule has 3 unspecified atom stereocenters. The van der Waals surface area contributed by atoms with E-state index < -0.39 is 0 Å². The fraction of sp³-hybridized carbons (Fsp3) is 0.538. The van der Waals surface area contributed by atoms with Gasteiger partial charge in [-0.2, -0.15) is 0 Å². The molecule has 0 saturated carbocycles. The average molecular weight is 584 g/mol. The highest BCUT2D eigenvalue weighted by molar-refractivity contribution is 14.1. The smallest absolute Gasteiger partial charge is 0.184 e. The molecule has 0 aliphatic carbocycles. The van der Waals surface area contributed by atoms with E-state index >= 15 is 0 Å². The summed E-state index contributed by atoms with van der Waals surface area (Å²) in [5.41, 5.74) is 1.13. The van der Waals surface area contributed by atoms with Crippen molar-refractivity contribution < 1.29 is 9.47 Å². The van der Waals surface area contributed by atoms with Crippen molar-refractivity contribution in [3.05, 3.63) is 28.4 Å². The van der Waals surface area contributed by atoms with Crippen molar-refractivity contribution in [1.29, 1.82) is 0 Å². The van der Waals surface area contributed by atoms with E-state index in [1.54, 1.807) is 0 Å². The first-order valence-corrected chi connectivity index (χ1v) is 9.20. The van der Waals surface area contributed by atoms with Crippen molar-refractivity contribution in [3.63, 3.8) is 0 Å². The Morgan fingerprint density at radius 1 is 1.17 bits per heavy atom. The highest BCUT2D eigenvalue weighted by Gasteiger charge is 2.28. The molecule has 1 heterocycles. The second-order valence-electron chi connectivity index (χ2n) is 4.48. The molecule has 2 rings (SSSR count). The van der Waals surface area contributed by atoms with Gasteiger partial charge in [-0.05, 0) is 99.7 Å². The predicted molar refractivity (Wildman–Crippen MR) is 97.7 cm³/mol. The molecule has 1 aliphatic heterocycles. The molecule has 1 aromatic carbocycles. The lowest BCUT2D eigenvalue weighted by Gasteiger charge is -2.34. The topological polar surface area (TPSA) is 18.5 Å². The Bertz CT molecular complexity index is 413. The maximum absolute atomic E-state index is 6.01. The third-order valence-corrected chi connectivity index (χ3v) is 7.93. The highest BCUT2D eigenvalue weighted by Crippen LogP contribution is 2.33. The number of ether oxygens (including phenoxy) is 2. The molecule has 1 saturated heterocycles. The third kappa shape index (κ3) is 3.70. The van der Waals surface area contributed by atoms with E-state index in [0.29, 0.717) is 6.10 Å². The van der Waals surface area contributed by atoms with Crippen molar-refractivity contribution >= 4 is 67.8 Å². The van der Waals surface area contributed by atoms with E-state index in [4.69, 9.17) is 9.47 Å². The van der Waals surface area contributed by atoms with E-state index in [1.807, 2.05) is 0 Å². The van der Waals surface area contributed by atoms with Crippen LogP contribution in [0.25, 0.3) is 0 Å². The minimum absolute atomic E-state index is 0.210. The van der Waals surface area contributed by atoms with Crippen molar-refractivity contribution in [2.24, 2.45) is 0 Å². The Kier molecular flexibility index (Phi) is 5.99. The van der Waals surface area contributed by atoms with Gasteiger partial charge in [-0.1, -0.05) is 6.92 Å². The van der Waals surface area contributed by atoms with Crippen LogP contribution in [-0.4, -0.2) is 12.2 Å². The van der Waals surface area contributed by atoms with Gasteiger partial charge in [0.2, 0.25) is 0 Å². The van der Waals surface area contributed by atoms with Crippen LogP contribution in [0.3, 0.4) is 0 Å². The van der Waals surface area contributed by atoms with Crippen LogP contribution >= 0.6 is 67.8 Å². The molecular weight excluding hydrogens is 569 g/mol. The van der Waals surface area contributed by atoms with Crippen LogP contribution in [0.2, 0.25) is 0 Å². The lowest BCUT2D eigenvalue weighted by molar-refractivity contribution is -0.243. The molecule has 0 bridgehead atoms. The summed E-state index contributed by atoms with van der Waals surface area (Å²) in [6.45, 7) is 4.29. The van der Waals surface area contributed by atoms with Crippen LogP contribution in [0.5, 0.6) is 0 Å². The molecule has 0 spiro atoms. The molecule has 0 radical (unpaired) electrons. The van der Waals surface area contributed by atoms with Crippen molar-refractivity contribution in [1.82, 2.24) is 0 Å². The van der Waals surface area contributed by atoms with Crippen LogP contribution in [0.1, 0.15) is 38.5 Å². The second-order valence-corrected chi connectivity index (χ2v) is 7.88. The standard InChI is InChI=1S/C13H15I3O2/c1-3-9-4-7(2)17-13(18-9)8-5-10(14)12(16)11(15)6-8/h5-7,9,13H,3-4H2,1-2H3. The van der Waals surface area contributed by atoms with Gasteiger partial charge in [0.05, 0.1) is 12.2 Å². The average Bonchev–Trinajstić information content (AvgIpc) is 2.34. The number of halogens is 3. The third-order valence-electron chi connectivity index (χ3n) is 3.00. The lowest BCUT2D eigenvalue weighted by Crippen LogP contribution is -2.31. The lowest BCUT2D eigenvalue weighted by atomic mass is 10.1. The van der Waals surface area contributed by atoms with Crippen LogP contribution in [0.4, 0.5) is 0 Å². The SMILES string of the molecule is CCC1CC(C)OC(c2cc(I)c(I)c(I)c2)O1. The van der Waals surface area contributed by atoms with Gasteiger partial charge >= 0.3 is 0 Å². The van der Waals surface area contributed by atoms with Crippen molar-refractivity contribution in [2.45, 2.75) is 45.2 Å². The maximum atomic E-state index is 6.01. The van der Waals surface area contributed by atoms with E-state index in [2.05, 4.69) is 93.8 Å². The van der Waals surface area contributed by atoms with E-state index in [0.717, 1.165) is 18.4 Å². The molecule has 1 aliphatic rings. The van der Waals surface area contributed by atoms with Crippen molar-refractivity contribution in [3.8, 4) is 0 Å². The first kappa shape index (κ1) is 15.7. The number of rotatable bonds is 2. The molecule has 0 amide bonds. The molecule has 3 atom stereocenters. The summed E-state index contributed by atoms with van der Waals surface area (Å²) in [7, 11) is 0. The fourth-order valence-electron chi connectivity index (χ4n) is 2.03. The van der Waals surface area contributed by atoms with Crippen LogP contribution < -0.4 is 0 Å². The van der Waals surface area contributed by atoms with Gasteiger partial charge in [-0.25, -0.2) is 0 Å². The van der Waals surface area contributed by atoms with E-state index in [1.165, 1.54) is 10.7 Å². The van der Waals surface area contributed by atoms with Gasteiger partial charge < -0.3 is 9.47 Å². The minimum atomic E-state index is -0.210. The normalized spacial score (nSPS) is 28.4. The van der Waals surface area contributed by atoms with Gasteiger partial charge in [0.1, 0.15) is 0 Å². The largest absolute Gasteiger partial charge is 0.345 e. The second kappa shape index (κ2) is 6.86. The predicted octanol–water partition coefficient (Wildman–Crippen LogP) is 5.10. The molecule has 0 N–H and O–H groups in total. The maximum Gasteiger partial charge on any atom is 0.184 e. The van der Waals surface area contributed by atoms with Gasteiger partial charge in [0.25, 0.3) is 0 Å². The Balaban J connectivity index is 2.25. The summed E-state index contributed by atoms with van der Waals surface area (Å²) in [6, 6.07) is 4.33. The fourth-order valence-corrected chi connectivity index (χ4v) is 4.16. The van der Waals surface area contributed by atoms with Crippen molar-refractivity contribution in [2.75, 3.05) is 0 Å². The monoisotopic (exact) mass is 584 g/mol. The summed E-state index contributed by atoms with van der Waals surface area (Å²) >= 11 is 7.11. The summed E-state index contributed by atoms with van der Waals surface area (Å²) in [6.07, 6.45) is 2.41. The first-order chi connectivity index (χ1) is 8.51. The molecule has 1 fully saturated rings. The number of hydrogen-bond acceptors (Lipinski definition) is 2. The van der Waals surface area contributed by atoms with Crippen LogP contribution in [-0.2, 0) is 9.47 Å². The highest BCUT2D eigenvalue weighted by atomic mass is 127. The van der Waals surface area contributed by atoms with Gasteiger partial charge in [-0.3, -0.25) is 0 Å². The molecule has 2 nitrogen and oxygen atoms in total. The summed E-state index contributed by atoms with van der Waals surface area (Å²) in [5.74, 6) is 0. The quantitative estimate of drug-likeness (QED) is 0.356. The molecule has 100 valence electrons. The molecule has 0 aromatic heterocycles. The van der Waals surface area contributed by atoms with Crippen LogP contribution in [0.15, 0.2) is 12.1 Å². The Morgan fingerprint density at radius 2 is 1.78 bits per heavy atom. The van der Waals surface area contributed by atoms with Gasteiger partial charge in [0, 0.05) is 16.3 Å². The summed E-state index contributed by atoms with van der Waals surface area (Å²) in [5, 5.41) is 0. The Labute approximate surface area is 149 Å². The van der Waals surface area contributed by atoms with Gasteiger partial charge in [0.15, 0.2) is 6.29 Å². The minimum Gasteiger partial charge on any atom is -0.345 e. The number of hydrogen-bond donors (Lipinski definition) is 0.